The van der Waals surface area contributed by atoms with Crippen LogP contribution in [0.4, 0.5) is 30.7 Å². The van der Waals surface area contributed by atoms with Gasteiger partial charge in [-0.2, -0.15) is 8.78 Å². The van der Waals surface area contributed by atoms with Crippen LogP contribution >= 0.6 is 0 Å². The Bertz CT molecular complexity index is 1030. The molecule has 0 aromatic heterocycles. The van der Waals surface area contributed by atoms with Gasteiger partial charge in [-0.05, 0) is 104 Å². The summed E-state index contributed by atoms with van der Waals surface area (Å²) in [5, 5.41) is 0. The Balaban J connectivity index is 1.38. The van der Waals surface area contributed by atoms with Crippen LogP contribution in [0.5, 0.6) is 11.5 Å². The summed E-state index contributed by atoms with van der Waals surface area (Å²) < 4.78 is 104. The molecule has 2 fully saturated rings. The molecule has 0 spiro atoms. The Hall–Kier alpha value is -2.45. The summed E-state index contributed by atoms with van der Waals surface area (Å²) in [6.45, 7) is 2.22. The summed E-state index contributed by atoms with van der Waals surface area (Å²) in [5.74, 6) is -2.02. The van der Waals surface area contributed by atoms with E-state index < -0.39 is 41.2 Å². The molecule has 0 radical (unpaired) electrons. The number of alkyl halides is 5. The summed E-state index contributed by atoms with van der Waals surface area (Å²) in [4.78, 5) is 0. The second kappa shape index (κ2) is 11.7. The maximum absolute atomic E-state index is 14.8. The van der Waals surface area contributed by atoms with Gasteiger partial charge in [0.15, 0.2) is 0 Å². The van der Waals surface area contributed by atoms with Crippen LogP contribution in [0, 0.1) is 29.4 Å². The standard InChI is InChI=1S/C29H33F7O2/c1-2-3-18-4-6-19(7-5-18)20-8-10-21(11-9-20)22-16-25(30)27(26(31)17-22)28(32,33)37-23-12-14-24(15-13-23)38-29(34,35)36/h12-21H,2-11H2,1H3. The summed E-state index contributed by atoms with van der Waals surface area (Å²) in [6, 6.07) is 5.04. The molecule has 38 heavy (non-hydrogen) atoms. The first-order valence-electron chi connectivity index (χ1n) is 13.4. The molecule has 0 aliphatic heterocycles. The quantitative estimate of drug-likeness (QED) is 0.307. The van der Waals surface area contributed by atoms with Crippen molar-refractivity contribution in [1.29, 1.82) is 0 Å². The predicted octanol–water partition coefficient (Wildman–Crippen LogP) is 9.87. The third kappa shape index (κ3) is 7.14. The fourth-order valence-electron chi connectivity index (χ4n) is 6.30. The molecule has 0 heterocycles. The zero-order valence-corrected chi connectivity index (χ0v) is 21.3. The van der Waals surface area contributed by atoms with Crippen molar-refractivity contribution in [3.8, 4) is 11.5 Å². The molecule has 2 aromatic carbocycles. The van der Waals surface area contributed by atoms with Crippen molar-refractivity contribution in [2.24, 2.45) is 17.8 Å². The molecular weight excluding hydrogens is 513 g/mol. The van der Waals surface area contributed by atoms with Crippen molar-refractivity contribution in [3.05, 3.63) is 59.2 Å². The predicted molar refractivity (Wildman–Crippen MR) is 129 cm³/mol. The number of hydrogen-bond acceptors (Lipinski definition) is 2. The van der Waals surface area contributed by atoms with E-state index in [0.717, 1.165) is 68.0 Å². The number of benzene rings is 2. The molecule has 2 aromatic rings. The largest absolute Gasteiger partial charge is 0.573 e. The molecule has 0 bridgehead atoms. The first-order chi connectivity index (χ1) is 17.9. The molecule has 9 heteroatoms. The van der Waals surface area contributed by atoms with Crippen molar-refractivity contribution < 1.29 is 40.2 Å². The third-order valence-electron chi connectivity index (χ3n) is 8.16. The molecular formula is C29H33F7O2. The highest BCUT2D eigenvalue weighted by Crippen LogP contribution is 2.45. The summed E-state index contributed by atoms with van der Waals surface area (Å²) >= 11 is 0. The van der Waals surface area contributed by atoms with E-state index >= 15 is 0 Å². The lowest BCUT2D eigenvalue weighted by Gasteiger charge is -2.38. The molecule has 0 unspecified atom stereocenters. The van der Waals surface area contributed by atoms with Crippen molar-refractivity contribution >= 4 is 0 Å². The van der Waals surface area contributed by atoms with Gasteiger partial charge in [0, 0.05) is 0 Å². The average molecular weight is 547 g/mol. The van der Waals surface area contributed by atoms with Crippen LogP contribution in [0.25, 0.3) is 0 Å². The lowest BCUT2D eigenvalue weighted by atomic mass is 9.68. The molecule has 0 N–H and O–H groups in total. The molecule has 210 valence electrons. The monoisotopic (exact) mass is 546 g/mol. The SMILES string of the molecule is CCCC1CCC(C2CCC(c3cc(F)c(C(F)(F)Oc4ccc(OC(F)(F)F)cc4)c(F)c3)CC2)CC1. The smallest absolute Gasteiger partial charge is 0.429 e. The van der Waals surface area contributed by atoms with Gasteiger partial charge in [0.2, 0.25) is 0 Å². The highest BCUT2D eigenvalue weighted by atomic mass is 19.4. The summed E-state index contributed by atoms with van der Waals surface area (Å²) in [5.41, 5.74) is -1.17. The first-order valence-corrected chi connectivity index (χ1v) is 13.4. The Kier molecular flexibility index (Phi) is 8.82. The van der Waals surface area contributed by atoms with Crippen molar-refractivity contribution in [3.63, 3.8) is 0 Å². The van der Waals surface area contributed by atoms with Crippen LogP contribution in [-0.2, 0) is 6.11 Å². The normalized spacial score (nSPS) is 24.7. The second-order valence-corrected chi connectivity index (χ2v) is 10.7. The fraction of sp³-hybridized carbons (Fsp3) is 0.586. The Labute approximate surface area is 218 Å². The van der Waals surface area contributed by atoms with E-state index in [9.17, 15) is 30.7 Å². The zero-order chi connectivity index (χ0) is 27.5. The first kappa shape index (κ1) is 28.6. The maximum Gasteiger partial charge on any atom is 0.573 e. The Morgan fingerprint density at radius 2 is 1.18 bits per heavy atom. The van der Waals surface area contributed by atoms with E-state index in [0.29, 0.717) is 17.4 Å². The van der Waals surface area contributed by atoms with E-state index in [4.69, 9.17) is 0 Å². The van der Waals surface area contributed by atoms with Gasteiger partial charge < -0.3 is 9.47 Å². The lowest BCUT2D eigenvalue weighted by Crippen LogP contribution is -2.27. The topological polar surface area (TPSA) is 18.5 Å². The van der Waals surface area contributed by atoms with Crippen molar-refractivity contribution in [2.45, 2.75) is 89.5 Å². The van der Waals surface area contributed by atoms with Gasteiger partial charge in [-0.1, -0.05) is 32.6 Å². The van der Waals surface area contributed by atoms with Gasteiger partial charge in [0.25, 0.3) is 0 Å². The molecule has 2 aliphatic rings. The molecule has 0 saturated heterocycles. The van der Waals surface area contributed by atoms with Crippen LogP contribution in [-0.4, -0.2) is 6.36 Å². The lowest BCUT2D eigenvalue weighted by molar-refractivity contribution is -0.274. The Morgan fingerprint density at radius 3 is 1.66 bits per heavy atom. The minimum Gasteiger partial charge on any atom is -0.429 e. The van der Waals surface area contributed by atoms with E-state index in [-0.39, 0.29) is 5.92 Å². The molecule has 4 rings (SSSR count). The van der Waals surface area contributed by atoms with E-state index in [1.165, 1.54) is 38.5 Å². The highest BCUT2D eigenvalue weighted by molar-refractivity contribution is 5.34. The summed E-state index contributed by atoms with van der Waals surface area (Å²) in [6.07, 6.45) is 1.66. The van der Waals surface area contributed by atoms with Crippen LogP contribution in [0.3, 0.4) is 0 Å². The van der Waals surface area contributed by atoms with E-state index in [1.54, 1.807) is 0 Å². The van der Waals surface area contributed by atoms with Crippen LogP contribution < -0.4 is 9.47 Å². The number of halogens is 7. The minimum absolute atomic E-state index is 0.101. The summed E-state index contributed by atoms with van der Waals surface area (Å²) in [7, 11) is 0. The van der Waals surface area contributed by atoms with Gasteiger partial charge in [0.05, 0.1) is 0 Å². The number of rotatable bonds is 8. The molecule has 2 saturated carbocycles. The molecule has 2 nitrogen and oxygen atoms in total. The van der Waals surface area contributed by atoms with Gasteiger partial charge in [0.1, 0.15) is 28.7 Å². The van der Waals surface area contributed by atoms with Crippen molar-refractivity contribution in [2.75, 3.05) is 0 Å². The average Bonchev–Trinajstić information content (AvgIpc) is 2.84. The van der Waals surface area contributed by atoms with E-state index in [2.05, 4.69) is 16.4 Å². The van der Waals surface area contributed by atoms with Gasteiger partial charge in [-0.15, -0.1) is 13.2 Å². The Morgan fingerprint density at radius 1 is 0.711 bits per heavy atom. The molecule has 0 atom stereocenters. The van der Waals surface area contributed by atoms with Crippen molar-refractivity contribution in [1.82, 2.24) is 0 Å². The van der Waals surface area contributed by atoms with Gasteiger partial charge >= 0.3 is 12.5 Å². The molecule has 2 aliphatic carbocycles. The fourth-order valence-corrected chi connectivity index (χ4v) is 6.30. The number of hydrogen-bond donors (Lipinski definition) is 0. The van der Waals surface area contributed by atoms with Gasteiger partial charge in [-0.25, -0.2) is 8.78 Å². The van der Waals surface area contributed by atoms with E-state index in [1.807, 2.05) is 0 Å². The maximum atomic E-state index is 14.8. The highest BCUT2D eigenvalue weighted by Gasteiger charge is 2.42. The van der Waals surface area contributed by atoms with Gasteiger partial charge in [-0.3, -0.25) is 0 Å². The second-order valence-electron chi connectivity index (χ2n) is 10.7. The minimum atomic E-state index is -4.95. The van der Waals surface area contributed by atoms with Crippen LogP contribution in [0.1, 0.15) is 88.2 Å². The number of ether oxygens (including phenoxy) is 2. The third-order valence-corrected chi connectivity index (χ3v) is 8.16. The molecule has 0 amide bonds. The van der Waals surface area contributed by atoms with Crippen LogP contribution in [0.15, 0.2) is 36.4 Å². The van der Waals surface area contributed by atoms with Crippen LogP contribution in [0.2, 0.25) is 0 Å². The zero-order valence-electron chi connectivity index (χ0n) is 21.3.